The molecule has 0 saturated heterocycles. The number of likely N-dealkylation sites (N-methyl/N-ethyl adjacent to an activating group) is 1. The highest BCUT2D eigenvalue weighted by Gasteiger charge is 2.21. The van der Waals surface area contributed by atoms with Crippen molar-refractivity contribution in [2.45, 2.75) is 6.04 Å². The van der Waals surface area contributed by atoms with E-state index in [2.05, 4.69) is 0 Å². The largest absolute Gasteiger partial charge is 0.497 e. The summed E-state index contributed by atoms with van der Waals surface area (Å²) in [5.41, 5.74) is 6.76. The van der Waals surface area contributed by atoms with Gasteiger partial charge in [-0.05, 0) is 35.7 Å². The number of carbonyl (C=O) groups excluding carboxylic acids is 1. The fourth-order valence-electron chi connectivity index (χ4n) is 1.73. The summed E-state index contributed by atoms with van der Waals surface area (Å²) >= 11 is 1.49. The van der Waals surface area contributed by atoms with Crippen molar-refractivity contribution in [3.05, 3.63) is 46.7 Å². The van der Waals surface area contributed by atoms with Gasteiger partial charge in [-0.1, -0.05) is 6.07 Å². The molecule has 2 N–H and O–H groups in total. The molecular weight excluding hydrogens is 260 g/mol. The average Bonchev–Trinajstić information content (AvgIpc) is 2.99. The Labute approximate surface area is 116 Å². The van der Waals surface area contributed by atoms with E-state index in [0.29, 0.717) is 0 Å². The maximum Gasteiger partial charge on any atom is 0.249 e. The lowest BCUT2D eigenvalue weighted by Crippen LogP contribution is -2.35. The van der Waals surface area contributed by atoms with E-state index in [1.807, 2.05) is 41.8 Å². The van der Waals surface area contributed by atoms with Gasteiger partial charge >= 0.3 is 0 Å². The van der Waals surface area contributed by atoms with Gasteiger partial charge < -0.3 is 15.4 Å². The first kappa shape index (κ1) is 13.6. The lowest BCUT2D eigenvalue weighted by molar-refractivity contribution is -0.119. The maximum atomic E-state index is 12.3. The predicted octanol–water partition coefficient (Wildman–Crippen LogP) is 2.42. The highest BCUT2D eigenvalue weighted by molar-refractivity contribution is 7.10. The molecule has 1 aromatic carbocycles. The molecule has 1 unspecified atom stereocenters. The lowest BCUT2D eigenvalue weighted by Gasteiger charge is -2.21. The molecule has 4 nitrogen and oxygen atoms in total. The minimum absolute atomic E-state index is 0.132. The molecule has 0 spiro atoms. The molecule has 5 heteroatoms. The minimum Gasteiger partial charge on any atom is -0.497 e. The van der Waals surface area contributed by atoms with Crippen molar-refractivity contribution in [2.75, 3.05) is 19.1 Å². The summed E-state index contributed by atoms with van der Waals surface area (Å²) in [5, 5.41) is 1.91. The van der Waals surface area contributed by atoms with Crippen molar-refractivity contribution < 1.29 is 9.53 Å². The van der Waals surface area contributed by atoms with Crippen LogP contribution in [-0.4, -0.2) is 20.1 Å². The third-order valence-electron chi connectivity index (χ3n) is 2.91. The van der Waals surface area contributed by atoms with Gasteiger partial charge in [0.05, 0.1) is 7.11 Å². The summed E-state index contributed by atoms with van der Waals surface area (Å²) in [6.45, 7) is 0. The third kappa shape index (κ3) is 2.94. The first-order valence-corrected chi connectivity index (χ1v) is 6.72. The lowest BCUT2D eigenvalue weighted by atomic mass is 10.2. The summed E-state index contributed by atoms with van der Waals surface area (Å²) in [4.78, 5) is 14.7. The van der Waals surface area contributed by atoms with Gasteiger partial charge in [0.1, 0.15) is 11.8 Å². The Hall–Kier alpha value is -1.85. The van der Waals surface area contributed by atoms with Gasteiger partial charge in [-0.15, -0.1) is 11.3 Å². The van der Waals surface area contributed by atoms with Crippen molar-refractivity contribution >= 4 is 22.9 Å². The van der Waals surface area contributed by atoms with E-state index in [4.69, 9.17) is 10.5 Å². The molecule has 0 bridgehead atoms. The molecule has 0 aliphatic heterocycles. The highest BCUT2D eigenvalue weighted by Crippen LogP contribution is 2.23. The topological polar surface area (TPSA) is 55.6 Å². The molecule has 2 rings (SSSR count). The standard InChI is InChI=1S/C14H16N2O2S/c1-16(10-5-7-11(18-2)8-6-10)14(17)13(15)12-4-3-9-19-12/h3-9,13H,15H2,1-2H3. The Balaban J connectivity index is 2.14. The van der Waals surface area contributed by atoms with Crippen molar-refractivity contribution in [1.29, 1.82) is 0 Å². The number of carbonyl (C=O) groups is 1. The Morgan fingerprint density at radius 1 is 1.32 bits per heavy atom. The number of amides is 1. The fraction of sp³-hybridized carbons (Fsp3) is 0.214. The molecule has 1 amide bonds. The van der Waals surface area contributed by atoms with Gasteiger partial charge in [0, 0.05) is 17.6 Å². The van der Waals surface area contributed by atoms with Gasteiger partial charge in [0.2, 0.25) is 5.91 Å². The number of nitrogens with zero attached hydrogens (tertiary/aromatic N) is 1. The van der Waals surface area contributed by atoms with E-state index < -0.39 is 6.04 Å². The van der Waals surface area contributed by atoms with Crippen LogP contribution in [0.2, 0.25) is 0 Å². The average molecular weight is 276 g/mol. The molecule has 0 fully saturated rings. The number of thiophene rings is 1. The SMILES string of the molecule is COc1ccc(N(C)C(=O)C(N)c2cccs2)cc1. The number of anilines is 1. The van der Waals surface area contributed by atoms with Crippen LogP contribution in [0.1, 0.15) is 10.9 Å². The van der Waals surface area contributed by atoms with Crippen LogP contribution in [0.25, 0.3) is 0 Å². The first-order chi connectivity index (χ1) is 9.13. The summed E-state index contributed by atoms with van der Waals surface area (Å²) in [6, 6.07) is 10.4. The van der Waals surface area contributed by atoms with Gasteiger partial charge in [-0.25, -0.2) is 0 Å². The van der Waals surface area contributed by atoms with Crippen molar-refractivity contribution in [3.8, 4) is 5.75 Å². The van der Waals surface area contributed by atoms with E-state index in [-0.39, 0.29) is 5.91 Å². The number of benzene rings is 1. The molecule has 0 saturated carbocycles. The first-order valence-electron chi connectivity index (χ1n) is 5.84. The third-order valence-corrected chi connectivity index (χ3v) is 3.86. The molecular formula is C14H16N2O2S. The van der Waals surface area contributed by atoms with Crippen molar-refractivity contribution in [1.82, 2.24) is 0 Å². The Morgan fingerprint density at radius 2 is 2.00 bits per heavy atom. The molecule has 2 aromatic rings. The molecule has 1 aromatic heterocycles. The van der Waals surface area contributed by atoms with Crippen molar-refractivity contribution in [3.63, 3.8) is 0 Å². The second-order valence-electron chi connectivity index (χ2n) is 4.09. The van der Waals surface area contributed by atoms with Crippen LogP contribution in [0.5, 0.6) is 5.75 Å². The Morgan fingerprint density at radius 3 is 2.53 bits per heavy atom. The summed E-state index contributed by atoms with van der Waals surface area (Å²) in [6.07, 6.45) is 0. The number of nitrogens with two attached hydrogens (primary N) is 1. The molecule has 19 heavy (non-hydrogen) atoms. The van der Waals surface area contributed by atoms with Crippen LogP contribution in [-0.2, 0) is 4.79 Å². The second kappa shape index (κ2) is 5.86. The quantitative estimate of drug-likeness (QED) is 0.933. The van der Waals surface area contributed by atoms with E-state index in [0.717, 1.165) is 16.3 Å². The van der Waals surface area contributed by atoms with E-state index >= 15 is 0 Å². The minimum atomic E-state index is -0.618. The highest BCUT2D eigenvalue weighted by atomic mass is 32.1. The maximum absolute atomic E-state index is 12.3. The molecule has 1 atom stereocenters. The zero-order chi connectivity index (χ0) is 13.8. The van der Waals surface area contributed by atoms with Gasteiger partial charge in [0.15, 0.2) is 0 Å². The molecule has 1 heterocycles. The number of hydrogen-bond donors (Lipinski definition) is 1. The second-order valence-corrected chi connectivity index (χ2v) is 5.07. The normalized spacial score (nSPS) is 11.9. The Bertz CT molecular complexity index is 537. The van der Waals surface area contributed by atoms with Crippen LogP contribution in [0, 0.1) is 0 Å². The van der Waals surface area contributed by atoms with Crippen LogP contribution in [0.15, 0.2) is 41.8 Å². The predicted molar refractivity (Wildman–Crippen MR) is 77.7 cm³/mol. The van der Waals surface area contributed by atoms with E-state index in [1.54, 1.807) is 19.1 Å². The van der Waals surface area contributed by atoms with Gasteiger partial charge in [-0.3, -0.25) is 4.79 Å². The number of methoxy groups -OCH3 is 1. The van der Waals surface area contributed by atoms with Crippen LogP contribution in [0.3, 0.4) is 0 Å². The number of rotatable bonds is 4. The van der Waals surface area contributed by atoms with Crippen molar-refractivity contribution in [2.24, 2.45) is 5.73 Å². The number of ether oxygens (including phenoxy) is 1. The fourth-order valence-corrected chi connectivity index (χ4v) is 2.45. The zero-order valence-electron chi connectivity index (χ0n) is 10.9. The Kier molecular flexibility index (Phi) is 4.19. The zero-order valence-corrected chi connectivity index (χ0v) is 11.7. The molecule has 100 valence electrons. The molecule has 0 aliphatic rings. The van der Waals surface area contributed by atoms with Gasteiger partial charge in [0.25, 0.3) is 0 Å². The van der Waals surface area contributed by atoms with Crippen LogP contribution < -0.4 is 15.4 Å². The monoisotopic (exact) mass is 276 g/mol. The van der Waals surface area contributed by atoms with E-state index in [1.165, 1.54) is 11.3 Å². The van der Waals surface area contributed by atoms with Gasteiger partial charge in [-0.2, -0.15) is 0 Å². The van der Waals surface area contributed by atoms with Crippen LogP contribution >= 0.6 is 11.3 Å². The van der Waals surface area contributed by atoms with E-state index in [9.17, 15) is 4.79 Å². The number of hydrogen-bond acceptors (Lipinski definition) is 4. The van der Waals surface area contributed by atoms with Crippen LogP contribution in [0.4, 0.5) is 5.69 Å². The summed E-state index contributed by atoms with van der Waals surface area (Å²) in [7, 11) is 3.33. The summed E-state index contributed by atoms with van der Waals surface area (Å²) in [5.74, 6) is 0.625. The molecule has 0 radical (unpaired) electrons. The smallest absolute Gasteiger partial charge is 0.249 e. The summed E-state index contributed by atoms with van der Waals surface area (Å²) < 4.78 is 5.09. The molecule has 0 aliphatic carbocycles.